The third-order valence-corrected chi connectivity index (χ3v) is 4.87. The van der Waals surface area contributed by atoms with E-state index < -0.39 is 0 Å². The van der Waals surface area contributed by atoms with Gasteiger partial charge in [0.25, 0.3) is 0 Å². The second-order valence-corrected chi connectivity index (χ2v) is 7.15. The monoisotopic (exact) mass is 401 g/mol. The first-order valence-electron chi connectivity index (χ1n) is 8.85. The van der Waals surface area contributed by atoms with Crippen LogP contribution < -0.4 is 5.32 Å². The highest BCUT2D eigenvalue weighted by atomic mass is 32.1. The quantitative estimate of drug-likeness (QED) is 0.397. The molecule has 0 radical (unpaired) electrons. The van der Waals surface area contributed by atoms with E-state index in [0.29, 0.717) is 25.3 Å². The van der Waals surface area contributed by atoms with Gasteiger partial charge in [0.1, 0.15) is 0 Å². The number of hydrazone groups is 1. The molecular weight excluding hydrogens is 374 g/mol. The largest absolute Gasteiger partial charge is 0.394 e. The number of aromatic amines is 1. The van der Waals surface area contributed by atoms with Gasteiger partial charge in [0, 0.05) is 57.4 Å². The van der Waals surface area contributed by atoms with E-state index in [1.807, 2.05) is 38.5 Å². The summed E-state index contributed by atoms with van der Waals surface area (Å²) in [5.74, 6) is 0. The summed E-state index contributed by atoms with van der Waals surface area (Å²) in [6.45, 7) is 2.75. The molecule has 0 aliphatic heterocycles. The van der Waals surface area contributed by atoms with Gasteiger partial charge in [0.05, 0.1) is 40.7 Å². The number of H-pyrrole nitrogens is 1. The maximum Gasteiger partial charge on any atom is 0.0991 e. The zero-order valence-corrected chi connectivity index (χ0v) is 17.5. The van der Waals surface area contributed by atoms with Crippen LogP contribution in [0, 0.1) is 5.41 Å². The van der Waals surface area contributed by atoms with Crippen molar-refractivity contribution in [3.8, 4) is 0 Å². The van der Waals surface area contributed by atoms with Crippen molar-refractivity contribution in [1.29, 1.82) is 5.41 Å². The lowest BCUT2D eigenvalue weighted by Gasteiger charge is -2.15. The van der Waals surface area contributed by atoms with Crippen LogP contribution in [0.2, 0.25) is 0 Å². The molecule has 0 aromatic carbocycles. The van der Waals surface area contributed by atoms with Crippen molar-refractivity contribution in [2.75, 3.05) is 34.4 Å². The Kier molecular flexibility index (Phi) is 8.57. The van der Waals surface area contributed by atoms with Gasteiger partial charge in [-0.2, -0.15) is 10.2 Å². The zero-order chi connectivity index (χ0) is 20.4. The fourth-order valence-electron chi connectivity index (χ4n) is 2.43. The molecule has 0 unspecified atom stereocenters. The highest BCUT2D eigenvalue weighted by Crippen LogP contribution is 2.22. The van der Waals surface area contributed by atoms with Crippen molar-refractivity contribution in [3.05, 3.63) is 51.9 Å². The summed E-state index contributed by atoms with van der Waals surface area (Å²) < 4.78 is 5.15. The van der Waals surface area contributed by atoms with Crippen molar-refractivity contribution in [2.45, 2.75) is 13.3 Å². The molecule has 8 nitrogen and oxygen atoms in total. The summed E-state index contributed by atoms with van der Waals surface area (Å²) in [5, 5.41) is 25.4. The van der Waals surface area contributed by atoms with Gasteiger partial charge in [-0.3, -0.25) is 10.1 Å². The lowest BCUT2D eigenvalue weighted by atomic mass is 10.2. The first-order chi connectivity index (χ1) is 13.6. The third kappa shape index (κ3) is 6.43. The molecule has 0 saturated heterocycles. The number of nitrogens with zero attached hydrogens (tertiary/aromatic N) is 4. The molecule has 0 saturated carbocycles. The summed E-state index contributed by atoms with van der Waals surface area (Å²) in [5.41, 5.74) is 3.21. The average Bonchev–Trinajstić information content (AvgIpc) is 3.35. The number of hydrogen-bond acceptors (Lipinski definition) is 8. The molecule has 2 heterocycles. The predicted molar refractivity (Wildman–Crippen MR) is 115 cm³/mol. The summed E-state index contributed by atoms with van der Waals surface area (Å²) in [6, 6.07) is 1.95. The van der Waals surface area contributed by atoms with Crippen molar-refractivity contribution in [2.24, 2.45) is 5.10 Å². The summed E-state index contributed by atoms with van der Waals surface area (Å²) in [4.78, 5) is 5.54. The molecule has 2 aromatic rings. The van der Waals surface area contributed by atoms with Gasteiger partial charge in [-0.1, -0.05) is 6.08 Å². The van der Waals surface area contributed by atoms with E-state index in [4.69, 9.17) is 10.1 Å². The molecule has 0 spiro atoms. The molecule has 2 aromatic heterocycles. The fourth-order valence-corrected chi connectivity index (χ4v) is 3.40. The topological polar surface area (TPSA) is 102 Å². The molecule has 9 heteroatoms. The number of nitrogens with one attached hydrogen (secondary N) is 3. The number of aromatic nitrogens is 3. The fraction of sp³-hybridized carbons (Fsp3) is 0.368. The van der Waals surface area contributed by atoms with Gasteiger partial charge in [-0.05, 0) is 13.0 Å². The van der Waals surface area contributed by atoms with E-state index >= 15 is 0 Å². The number of hydrogen-bond donors (Lipinski definition) is 3. The van der Waals surface area contributed by atoms with Crippen LogP contribution in [0.1, 0.15) is 22.5 Å². The Bertz CT molecular complexity index is 836. The van der Waals surface area contributed by atoms with Crippen LogP contribution in [-0.2, 0) is 11.2 Å². The number of rotatable bonds is 11. The van der Waals surface area contributed by atoms with Crippen LogP contribution in [0.3, 0.4) is 0 Å². The minimum atomic E-state index is 0.386. The first-order valence-corrected chi connectivity index (χ1v) is 9.67. The number of ether oxygens (including phenoxy) is 1. The van der Waals surface area contributed by atoms with Gasteiger partial charge in [-0.25, -0.2) is 4.98 Å². The summed E-state index contributed by atoms with van der Waals surface area (Å²) >= 11 is 1.63. The van der Waals surface area contributed by atoms with Gasteiger partial charge in [0.15, 0.2) is 0 Å². The molecule has 3 N–H and O–H groups in total. The highest BCUT2D eigenvalue weighted by molar-refractivity contribution is 7.13. The molecule has 0 amide bonds. The average molecular weight is 402 g/mol. The summed E-state index contributed by atoms with van der Waals surface area (Å²) in [7, 11) is 5.27. The van der Waals surface area contributed by atoms with Crippen LogP contribution in [0.5, 0.6) is 0 Å². The van der Waals surface area contributed by atoms with E-state index in [1.165, 1.54) is 0 Å². The Morgan fingerprint density at radius 2 is 2.32 bits per heavy atom. The Morgan fingerprint density at radius 1 is 1.50 bits per heavy atom. The molecule has 150 valence electrons. The number of allylic oxidation sites excluding steroid dienone is 2. The van der Waals surface area contributed by atoms with Crippen LogP contribution in [0.25, 0.3) is 5.57 Å². The highest BCUT2D eigenvalue weighted by Gasteiger charge is 2.09. The van der Waals surface area contributed by atoms with E-state index in [0.717, 1.165) is 26.7 Å². The molecular formula is C19H27N7OS. The minimum absolute atomic E-state index is 0.386. The van der Waals surface area contributed by atoms with E-state index in [1.54, 1.807) is 42.9 Å². The van der Waals surface area contributed by atoms with Crippen molar-refractivity contribution >= 4 is 28.8 Å². The molecule has 0 fully saturated rings. The Morgan fingerprint density at radius 3 is 2.96 bits per heavy atom. The maximum absolute atomic E-state index is 8.24. The molecule has 0 bridgehead atoms. The van der Waals surface area contributed by atoms with Crippen molar-refractivity contribution in [1.82, 2.24) is 25.5 Å². The number of thiazole rings is 1. The lowest BCUT2D eigenvalue weighted by molar-refractivity contribution is 0.229. The SMILES string of the molecule is C/C=C(\C=N/N(C)CC(=N)/C(=C\NC)COC)c1cnc(Cc2cc[nH]n2)s1. The first kappa shape index (κ1) is 21.5. The van der Waals surface area contributed by atoms with Crippen LogP contribution in [0.4, 0.5) is 0 Å². The second kappa shape index (κ2) is 11.2. The Balaban J connectivity index is 1.98. The van der Waals surface area contributed by atoms with Gasteiger partial charge >= 0.3 is 0 Å². The maximum atomic E-state index is 8.24. The zero-order valence-electron chi connectivity index (χ0n) is 16.7. The van der Waals surface area contributed by atoms with Gasteiger partial charge < -0.3 is 15.5 Å². The molecule has 0 aliphatic rings. The summed E-state index contributed by atoms with van der Waals surface area (Å²) in [6.07, 6.45) is 9.97. The normalized spacial score (nSPS) is 12.6. The predicted octanol–water partition coefficient (Wildman–Crippen LogP) is 2.55. The number of methoxy groups -OCH3 is 1. The Hall–Kier alpha value is -2.78. The minimum Gasteiger partial charge on any atom is -0.394 e. The lowest BCUT2D eigenvalue weighted by Crippen LogP contribution is -2.24. The second-order valence-electron chi connectivity index (χ2n) is 6.03. The van der Waals surface area contributed by atoms with Crippen LogP contribution in [0.15, 0.2) is 41.4 Å². The molecule has 0 atom stereocenters. The van der Waals surface area contributed by atoms with Crippen molar-refractivity contribution < 1.29 is 4.74 Å². The molecule has 28 heavy (non-hydrogen) atoms. The Labute approximate surface area is 169 Å². The molecule has 2 rings (SSSR count). The van der Waals surface area contributed by atoms with Gasteiger partial charge in [0.2, 0.25) is 0 Å². The van der Waals surface area contributed by atoms with Crippen molar-refractivity contribution in [3.63, 3.8) is 0 Å². The van der Waals surface area contributed by atoms with E-state index in [-0.39, 0.29) is 0 Å². The third-order valence-electron chi connectivity index (χ3n) is 3.83. The standard InChI is InChI=1S/C19H27N7OS/c1-5-14(18-11-22-19(28-18)8-16-6-7-23-25-16)10-24-26(3)12-17(20)15(9-21-2)13-27-4/h5-7,9-11,20-21H,8,12-13H2,1-4H3,(H,23,25)/b14-5+,15-9-,20-17?,24-10-. The van der Waals surface area contributed by atoms with E-state index in [2.05, 4.69) is 25.6 Å². The van der Waals surface area contributed by atoms with E-state index in [9.17, 15) is 0 Å². The van der Waals surface area contributed by atoms with Crippen LogP contribution in [-0.4, -0.2) is 66.5 Å². The van der Waals surface area contributed by atoms with Gasteiger partial charge in [-0.15, -0.1) is 11.3 Å². The van der Waals surface area contributed by atoms with Crippen LogP contribution >= 0.6 is 11.3 Å². The molecule has 0 aliphatic carbocycles. The smallest absolute Gasteiger partial charge is 0.0991 e.